The van der Waals surface area contributed by atoms with Crippen molar-refractivity contribution in [1.29, 1.82) is 0 Å². The summed E-state index contributed by atoms with van der Waals surface area (Å²) < 4.78 is 35.2. The van der Waals surface area contributed by atoms with Crippen molar-refractivity contribution in [1.82, 2.24) is 9.47 Å². The average molecular weight is 336 g/mol. The van der Waals surface area contributed by atoms with E-state index in [4.69, 9.17) is 4.74 Å². The lowest BCUT2D eigenvalue weighted by Gasteiger charge is -2.38. The van der Waals surface area contributed by atoms with Gasteiger partial charge >= 0.3 is 6.09 Å². The van der Waals surface area contributed by atoms with Crippen LogP contribution in [-0.4, -0.2) is 34.3 Å². The van der Waals surface area contributed by atoms with Gasteiger partial charge in [-0.1, -0.05) is 6.92 Å². The number of hydrogen-bond donors (Lipinski definition) is 0. The van der Waals surface area contributed by atoms with Crippen molar-refractivity contribution in [3.05, 3.63) is 35.5 Å². The quantitative estimate of drug-likeness (QED) is 0.779. The third-order valence-corrected chi connectivity index (χ3v) is 4.60. The van der Waals surface area contributed by atoms with Gasteiger partial charge in [-0.2, -0.15) is 0 Å². The highest BCUT2D eigenvalue weighted by Gasteiger charge is 2.35. The minimum Gasteiger partial charge on any atom is -0.444 e. The number of nitrogens with zero attached hydrogens (tertiary/aromatic N) is 2. The summed E-state index contributed by atoms with van der Waals surface area (Å²) in [6.07, 6.45) is 1.31. The van der Waals surface area contributed by atoms with Gasteiger partial charge in [0.05, 0.1) is 11.6 Å². The number of aromatic nitrogens is 1. The number of ether oxygens (including phenoxy) is 1. The van der Waals surface area contributed by atoms with Gasteiger partial charge in [0.1, 0.15) is 5.60 Å². The fourth-order valence-electron chi connectivity index (χ4n) is 3.36. The SMILES string of the molecule is CC1c2cc(F)c(F)c3ccn(c23)C[C@H]1N(C)C(=O)OC(C)(C)C. The molecule has 0 spiro atoms. The zero-order valence-electron chi connectivity index (χ0n) is 14.6. The molecule has 2 heterocycles. The molecule has 0 N–H and O–H groups in total. The molecular weight excluding hydrogens is 314 g/mol. The van der Waals surface area contributed by atoms with Crippen LogP contribution in [-0.2, 0) is 11.3 Å². The van der Waals surface area contributed by atoms with E-state index in [-0.39, 0.29) is 17.3 Å². The van der Waals surface area contributed by atoms with Crippen LogP contribution in [0.25, 0.3) is 10.9 Å². The van der Waals surface area contributed by atoms with Gasteiger partial charge in [-0.3, -0.25) is 0 Å². The second-order valence-corrected chi connectivity index (χ2v) is 7.44. The topological polar surface area (TPSA) is 34.5 Å². The Morgan fingerprint density at radius 2 is 2.04 bits per heavy atom. The number of rotatable bonds is 1. The molecule has 0 bridgehead atoms. The van der Waals surface area contributed by atoms with E-state index in [2.05, 4.69) is 0 Å². The number of carbonyl (C=O) groups is 1. The first-order valence-electron chi connectivity index (χ1n) is 8.02. The van der Waals surface area contributed by atoms with Gasteiger partial charge in [-0.25, -0.2) is 13.6 Å². The molecule has 130 valence electrons. The molecule has 0 radical (unpaired) electrons. The van der Waals surface area contributed by atoms with Crippen LogP contribution in [0.1, 0.15) is 39.2 Å². The van der Waals surface area contributed by atoms with Crippen molar-refractivity contribution in [2.45, 2.75) is 51.8 Å². The van der Waals surface area contributed by atoms with Crippen molar-refractivity contribution in [3.63, 3.8) is 0 Å². The lowest BCUT2D eigenvalue weighted by Crippen LogP contribution is -2.46. The van der Waals surface area contributed by atoms with E-state index < -0.39 is 23.3 Å². The molecule has 2 atom stereocenters. The maximum Gasteiger partial charge on any atom is 0.410 e. The van der Waals surface area contributed by atoms with Crippen LogP contribution in [0, 0.1) is 11.6 Å². The first-order valence-corrected chi connectivity index (χ1v) is 8.02. The molecule has 2 aromatic rings. The number of likely N-dealkylation sites (N-methyl/N-ethyl adjacent to an activating group) is 1. The van der Waals surface area contributed by atoms with E-state index in [1.807, 2.05) is 32.3 Å². The summed E-state index contributed by atoms with van der Waals surface area (Å²) in [7, 11) is 1.68. The van der Waals surface area contributed by atoms with E-state index >= 15 is 0 Å². The number of amides is 1. The minimum atomic E-state index is -0.859. The zero-order chi connectivity index (χ0) is 17.8. The van der Waals surface area contributed by atoms with Gasteiger partial charge in [0.2, 0.25) is 0 Å². The minimum absolute atomic E-state index is 0.137. The van der Waals surface area contributed by atoms with E-state index in [0.29, 0.717) is 17.6 Å². The summed E-state index contributed by atoms with van der Waals surface area (Å²) in [5.74, 6) is -1.82. The third-order valence-electron chi connectivity index (χ3n) is 4.60. The van der Waals surface area contributed by atoms with Gasteiger partial charge in [0.15, 0.2) is 11.6 Å². The second-order valence-electron chi connectivity index (χ2n) is 7.44. The lowest BCUT2D eigenvalue weighted by molar-refractivity contribution is 0.0181. The Bertz CT molecular complexity index is 807. The number of hydrogen-bond acceptors (Lipinski definition) is 2. The maximum atomic E-state index is 14.0. The van der Waals surface area contributed by atoms with Crippen LogP contribution in [0.5, 0.6) is 0 Å². The van der Waals surface area contributed by atoms with Gasteiger partial charge in [-0.05, 0) is 38.5 Å². The summed E-state index contributed by atoms with van der Waals surface area (Å²) >= 11 is 0. The summed E-state index contributed by atoms with van der Waals surface area (Å²) in [5, 5.41) is 0.287. The Morgan fingerprint density at radius 1 is 1.38 bits per heavy atom. The number of carbonyl (C=O) groups excluding carboxylic acids is 1. The number of halogens is 2. The Hall–Kier alpha value is -2.11. The highest BCUT2D eigenvalue weighted by molar-refractivity contribution is 5.85. The van der Waals surface area contributed by atoms with Crippen LogP contribution in [0.4, 0.5) is 13.6 Å². The molecule has 0 saturated carbocycles. The highest BCUT2D eigenvalue weighted by atomic mass is 19.2. The summed E-state index contributed by atoms with van der Waals surface area (Å²) in [6.45, 7) is 7.87. The average Bonchev–Trinajstić information content (AvgIpc) is 2.89. The molecule has 0 aliphatic carbocycles. The smallest absolute Gasteiger partial charge is 0.410 e. The molecular formula is C18H22F2N2O2. The molecule has 3 rings (SSSR count). The van der Waals surface area contributed by atoms with E-state index in [1.165, 1.54) is 6.07 Å². The first kappa shape index (κ1) is 16.7. The Kier molecular flexibility index (Phi) is 3.81. The molecule has 0 fully saturated rings. The lowest BCUT2D eigenvalue weighted by atomic mass is 9.88. The molecule has 1 aliphatic rings. The van der Waals surface area contributed by atoms with Crippen LogP contribution in [0.15, 0.2) is 18.3 Å². The van der Waals surface area contributed by atoms with E-state index in [9.17, 15) is 13.6 Å². The maximum absolute atomic E-state index is 14.0. The predicted molar refractivity (Wildman–Crippen MR) is 88.1 cm³/mol. The molecule has 1 aliphatic heterocycles. The Balaban J connectivity index is 1.97. The molecule has 1 aromatic heterocycles. The molecule has 1 unspecified atom stereocenters. The van der Waals surface area contributed by atoms with Gasteiger partial charge < -0.3 is 14.2 Å². The van der Waals surface area contributed by atoms with Gasteiger partial charge in [0.25, 0.3) is 0 Å². The van der Waals surface area contributed by atoms with Crippen LogP contribution in [0.2, 0.25) is 0 Å². The molecule has 6 heteroatoms. The molecule has 0 saturated heterocycles. The molecule has 1 aromatic carbocycles. The zero-order valence-corrected chi connectivity index (χ0v) is 14.6. The summed E-state index contributed by atoms with van der Waals surface area (Å²) in [4.78, 5) is 13.9. The van der Waals surface area contributed by atoms with Crippen LogP contribution < -0.4 is 0 Å². The Morgan fingerprint density at radius 3 is 2.67 bits per heavy atom. The predicted octanol–water partition coefficient (Wildman–Crippen LogP) is 4.27. The largest absolute Gasteiger partial charge is 0.444 e. The fraction of sp³-hybridized carbons (Fsp3) is 0.500. The second kappa shape index (κ2) is 5.46. The van der Waals surface area contributed by atoms with Crippen LogP contribution in [0.3, 0.4) is 0 Å². The number of benzene rings is 1. The van der Waals surface area contributed by atoms with Gasteiger partial charge in [0, 0.05) is 31.1 Å². The highest BCUT2D eigenvalue weighted by Crippen LogP contribution is 2.38. The van der Waals surface area contributed by atoms with Crippen molar-refractivity contribution in [3.8, 4) is 0 Å². The van der Waals surface area contributed by atoms with Crippen LogP contribution >= 0.6 is 0 Å². The fourth-order valence-corrected chi connectivity index (χ4v) is 3.36. The van der Waals surface area contributed by atoms with E-state index in [1.54, 1.807) is 24.2 Å². The summed E-state index contributed by atoms with van der Waals surface area (Å²) in [6, 6.07) is 2.63. The monoisotopic (exact) mass is 336 g/mol. The summed E-state index contributed by atoms with van der Waals surface area (Å²) in [5.41, 5.74) is 0.827. The molecule has 1 amide bonds. The standard InChI is InChI=1S/C18H22F2N2O2/c1-10-12-8-13(19)15(20)11-6-7-22(16(11)12)9-14(10)21(5)17(23)24-18(2,3)4/h6-8,10,14H,9H2,1-5H3/t10?,14-/m1/s1. The molecule has 4 nitrogen and oxygen atoms in total. The normalized spacial score (nSPS) is 20.3. The van der Waals surface area contributed by atoms with Crippen molar-refractivity contribution >= 4 is 17.0 Å². The molecule has 24 heavy (non-hydrogen) atoms. The van der Waals surface area contributed by atoms with Crippen molar-refractivity contribution in [2.75, 3.05) is 7.05 Å². The first-order chi connectivity index (χ1) is 11.1. The third kappa shape index (κ3) is 2.64. The van der Waals surface area contributed by atoms with Crippen molar-refractivity contribution in [2.24, 2.45) is 0 Å². The van der Waals surface area contributed by atoms with Crippen molar-refractivity contribution < 1.29 is 18.3 Å². The van der Waals surface area contributed by atoms with Gasteiger partial charge in [-0.15, -0.1) is 0 Å². The van der Waals surface area contributed by atoms with E-state index in [0.717, 1.165) is 0 Å². The Labute approximate surface area is 140 Å².